The third-order valence-corrected chi connectivity index (χ3v) is 9.49. The zero-order valence-corrected chi connectivity index (χ0v) is 22.5. The lowest BCUT2D eigenvalue weighted by Gasteiger charge is -2.41. The second-order valence-corrected chi connectivity index (χ2v) is 11.8. The van der Waals surface area contributed by atoms with Crippen molar-refractivity contribution in [2.45, 2.75) is 18.9 Å². The molecule has 0 spiro atoms. The van der Waals surface area contributed by atoms with Gasteiger partial charge in [-0.25, -0.2) is 18.9 Å². The first-order valence-electron chi connectivity index (χ1n) is 12.6. The topological polar surface area (TPSA) is 113 Å². The molecule has 0 amide bonds. The molecule has 202 valence electrons. The van der Waals surface area contributed by atoms with E-state index in [9.17, 15) is 14.5 Å². The summed E-state index contributed by atoms with van der Waals surface area (Å²) in [6.07, 6.45) is -0.0342. The predicted molar refractivity (Wildman–Crippen MR) is 145 cm³/mol. The number of hydrogen-bond donors (Lipinski definition) is 1. The molecule has 10 nitrogen and oxygen atoms in total. The molecule has 0 saturated carbocycles. The second kappa shape index (κ2) is 12.1. The molecule has 2 fully saturated rings. The van der Waals surface area contributed by atoms with Crippen molar-refractivity contribution in [3.05, 3.63) is 64.7 Å². The maximum Gasteiger partial charge on any atom is 0.397 e. The molecule has 0 radical (unpaired) electrons. The molecule has 1 N–H and O–H groups in total. The van der Waals surface area contributed by atoms with Gasteiger partial charge in [-0.15, -0.1) is 0 Å². The predicted octanol–water partition coefficient (Wildman–Crippen LogP) is 4.24. The maximum atomic E-state index is 14.8. The number of halogens is 1. The van der Waals surface area contributed by atoms with Crippen LogP contribution in [0.1, 0.15) is 24.0 Å². The molecule has 0 bridgehead atoms. The van der Waals surface area contributed by atoms with Crippen molar-refractivity contribution in [3.63, 3.8) is 0 Å². The fourth-order valence-corrected chi connectivity index (χ4v) is 7.16. The molecule has 3 aliphatic heterocycles. The van der Waals surface area contributed by atoms with E-state index in [0.29, 0.717) is 74.6 Å². The van der Waals surface area contributed by atoms with Gasteiger partial charge in [-0.2, -0.15) is 0 Å². The lowest BCUT2D eigenvalue weighted by molar-refractivity contribution is -0.137. The molecule has 2 aromatic rings. The summed E-state index contributed by atoms with van der Waals surface area (Å²) in [5, 5.41) is 10.0. The van der Waals surface area contributed by atoms with E-state index >= 15 is 0 Å². The highest BCUT2D eigenvalue weighted by Gasteiger charge is 2.44. The highest BCUT2D eigenvalue weighted by molar-refractivity contribution is 7.54. The molecular formula is C26H30ClN4O6P. The number of fused-ring (bicyclic) bond motifs is 1. The lowest BCUT2D eigenvalue weighted by atomic mass is 10.0. The molecule has 3 aliphatic rings. The average Bonchev–Trinajstić information content (AvgIpc) is 3.09. The van der Waals surface area contributed by atoms with Crippen LogP contribution in [0.3, 0.4) is 0 Å². The average molecular weight is 561 g/mol. The van der Waals surface area contributed by atoms with E-state index in [1.807, 2.05) is 39.7 Å². The highest BCUT2D eigenvalue weighted by atomic mass is 35.5. The maximum absolute atomic E-state index is 14.8. The normalized spacial score (nSPS) is 21.1. The Morgan fingerprint density at radius 3 is 2.26 bits per heavy atom. The van der Waals surface area contributed by atoms with E-state index in [2.05, 4.69) is 0 Å². The first-order chi connectivity index (χ1) is 18.4. The fourth-order valence-electron chi connectivity index (χ4n) is 4.65. The Labute approximate surface area is 226 Å². The number of carboxylic acids is 1. The molecule has 12 heteroatoms. The van der Waals surface area contributed by atoms with Gasteiger partial charge in [0.15, 0.2) is 0 Å². The van der Waals surface area contributed by atoms with E-state index in [4.69, 9.17) is 35.6 Å². The van der Waals surface area contributed by atoms with Crippen LogP contribution in [-0.4, -0.2) is 90.7 Å². The number of nitrogens with zero attached hydrogens (tertiary/aromatic N) is 4. The molecule has 5 rings (SSSR count). The molecule has 1 atom stereocenters. The van der Waals surface area contributed by atoms with Crippen molar-refractivity contribution in [1.82, 2.24) is 9.34 Å². The Balaban J connectivity index is 1.61. The quantitative estimate of drug-likeness (QED) is 0.500. The van der Waals surface area contributed by atoms with Crippen LogP contribution in [0.4, 0.5) is 5.69 Å². The molecule has 2 aromatic carbocycles. The highest BCUT2D eigenvalue weighted by Crippen LogP contribution is 2.55. The van der Waals surface area contributed by atoms with Gasteiger partial charge in [0.25, 0.3) is 0 Å². The van der Waals surface area contributed by atoms with Gasteiger partial charge in [0.05, 0.1) is 37.8 Å². The van der Waals surface area contributed by atoms with Crippen molar-refractivity contribution in [3.8, 4) is 0 Å². The van der Waals surface area contributed by atoms with E-state index in [0.717, 1.165) is 5.56 Å². The smallest absolute Gasteiger partial charge is 0.397 e. The molecule has 3 heterocycles. The first-order valence-corrected chi connectivity index (χ1v) is 14.5. The first kappa shape index (κ1) is 27.0. The SMILES string of the molecule is O=C(O)CCC1N=C(c2ccccc2)c2cc(Cl)ccc2N=C1OP(=O)(N1CCOCC1)N1CCOCC1. The summed E-state index contributed by atoms with van der Waals surface area (Å²) in [5.74, 6) is -0.836. The van der Waals surface area contributed by atoms with Crippen LogP contribution in [0, 0.1) is 0 Å². The summed E-state index contributed by atoms with van der Waals surface area (Å²) in [5.41, 5.74) is 2.70. The van der Waals surface area contributed by atoms with Crippen molar-refractivity contribution in [2.24, 2.45) is 9.98 Å². The van der Waals surface area contributed by atoms with Crippen LogP contribution in [0.5, 0.6) is 0 Å². The minimum atomic E-state index is -3.62. The molecular weight excluding hydrogens is 531 g/mol. The molecule has 2 saturated heterocycles. The van der Waals surface area contributed by atoms with Gasteiger partial charge in [-0.3, -0.25) is 9.79 Å². The second-order valence-electron chi connectivity index (χ2n) is 9.12. The van der Waals surface area contributed by atoms with Crippen LogP contribution in [-0.2, 0) is 23.4 Å². The Bertz CT molecular complexity index is 1240. The van der Waals surface area contributed by atoms with Crippen LogP contribution >= 0.6 is 19.3 Å². The monoisotopic (exact) mass is 560 g/mol. The molecule has 1 unspecified atom stereocenters. The molecule has 38 heavy (non-hydrogen) atoms. The summed E-state index contributed by atoms with van der Waals surface area (Å²) in [7, 11) is -3.62. The van der Waals surface area contributed by atoms with Crippen molar-refractivity contribution >= 4 is 42.5 Å². The lowest BCUT2D eigenvalue weighted by Crippen LogP contribution is -2.44. The van der Waals surface area contributed by atoms with Crippen molar-refractivity contribution in [1.29, 1.82) is 0 Å². The number of carbonyl (C=O) groups is 1. The van der Waals surface area contributed by atoms with Crippen molar-refractivity contribution < 1.29 is 28.5 Å². The molecule has 0 aromatic heterocycles. The zero-order valence-electron chi connectivity index (χ0n) is 20.9. The number of ether oxygens (including phenoxy) is 2. The van der Waals surface area contributed by atoms with Crippen molar-refractivity contribution in [2.75, 3.05) is 52.6 Å². The number of aliphatic carboxylic acids is 1. The number of hydrogen-bond acceptors (Lipinski definition) is 7. The molecule has 0 aliphatic carbocycles. The van der Waals surface area contributed by atoms with Gasteiger partial charge in [-0.1, -0.05) is 41.9 Å². The van der Waals surface area contributed by atoms with Gasteiger partial charge < -0.3 is 19.1 Å². The Kier molecular flexibility index (Phi) is 8.57. The number of rotatable bonds is 7. The van der Waals surface area contributed by atoms with Gasteiger partial charge in [0.1, 0.15) is 6.04 Å². The summed E-state index contributed by atoms with van der Waals surface area (Å²) in [6.45, 7) is 3.49. The van der Waals surface area contributed by atoms with Crippen LogP contribution in [0.2, 0.25) is 5.02 Å². The third-order valence-electron chi connectivity index (χ3n) is 6.60. The van der Waals surface area contributed by atoms with Crippen LogP contribution in [0.25, 0.3) is 0 Å². The van der Waals surface area contributed by atoms with Crippen LogP contribution in [0.15, 0.2) is 58.5 Å². The minimum Gasteiger partial charge on any atom is -0.481 e. The van der Waals surface area contributed by atoms with Gasteiger partial charge in [0.2, 0.25) is 5.90 Å². The minimum absolute atomic E-state index is 0.123. The van der Waals surface area contributed by atoms with Gasteiger partial charge in [0, 0.05) is 48.7 Å². The number of carboxylic acid groups (broad SMARTS) is 1. The third kappa shape index (κ3) is 6.01. The van der Waals surface area contributed by atoms with Gasteiger partial charge in [-0.05, 0) is 24.6 Å². The summed E-state index contributed by atoms with van der Waals surface area (Å²) in [6, 6.07) is 14.1. The standard InChI is InChI=1S/C26H30ClN4O6P/c27-20-6-7-22-21(18-20)25(19-4-2-1-3-5-19)28-23(8-9-24(32)33)26(29-22)37-38(34,30-10-14-35-15-11-30)31-12-16-36-17-13-31/h1-7,18,23H,8-17H2,(H,32,33). The number of morpholine rings is 2. The zero-order chi connectivity index (χ0) is 26.5. The summed E-state index contributed by atoms with van der Waals surface area (Å²) in [4.78, 5) is 21.4. The Morgan fingerprint density at radius 2 is 1.66 bits per heavy atom. The largest absolute Gasteiger partial charge is 0.481 e. The Hall–Kier alpha value is -2.59. The van der Waals surface area contributed by atoms with Crippen LogP contribution < -0.4 is 0 Å². The summed E-state index contributed by atoms with van der Waals surface area (Å²) < 4.78 is 35.9. The van der Waals surface area contributed by atoms with E-state index < -0.39 is 19.7 Å². The van der Waals surface area contributed by atoms with E-state index in [-0.39, 0.29) is 18.7 Å². The fraction of sp³-hybridized carbons (Fsp3) is 0.423. The van der Waals surface area contributed by atoms with E-state index in [1.54, 1.807) is 18.2 Å². The Morgan fingerprint density at radius 1 is 1.03 bits per heavy atom. The number of aliphatic imine (C=N–C) groups is 2. The van der Waals surface area contributed by atoms with Gasteiger partial charge >= 0.3 is 13.6 Å². The summed E-state index contributed by atoms with van der Waals surface area (Å²) >= 11 is 6.37. The van der Waals surface area contributed by atoms with E-state index in [1.165, 1.54) is 0 Å². The number of benzene rings is 2.